The topological polar surface area (TPSA) is 32.3 Å². The Kier molecular flexibility index (Phi) is 2.73. The molecule has 0 spiro atoms. The largest absolute Gasteiger partial charge is 0.390 e. The Morgan fingerprint density at radius 2 is 2.09 bits per heavy atom. The quantitative estimate of drug-likeness (QED) is 0.575. The highest BCUT2D eigenvalue weighted by atomic mass is 35.5. The molecular formula is C7H13ClFNO. The molecule has 2 N–H and O–H groups in total. The minimum Gasteiger partial charge on any atom is -0.390 e. The zero-order chi connectivity index (χ0) is 7.14. The van der Waals surface area contributed by atoms with Crippen LogP contribution in [0.4, 0.5) is 4.39 Å². The van der Waals surface area contributed by atoms with E-state index < -0.39 is 12.3 Å². The molecule has 0 radical (unpaired) electrons. The molecule has 2 bridgehead atoms. The van der Waals surface area contributed by atoms with E-state index in [1.807, 2.05) is 0 Å². The maximum atomic E-state index is 13.0. The van der Waals surface area contributed by atoms with E-state index in [4.69, 9.17) is 5.11 Å². The molecule has 2 heterocycles. The van der Waals surface area contributed by atoms with Crippen molar-refractivity contribution in [3.8, 4) is 0 Å². The second kappa shape index (κ2) is 3.25. The van der Waals surface area contributed by atoms with Crippen molar-refractivity contribution in [1.82, 2.24) is 5.32 Å². The molecule has 2 aliphatic heterocycles. The van der Waals surface area contributed by atoms with E-state index in [2.05, 4.69) is 5.32 Å². The lowest BCUT2D eigenvalue weighted by molar-refractivity contribution is 0.0278. The first-order chi connectivity index (χ1) is 4.77. The van der Waals surface area contributed by atoms with Crippen LogP contribution in [0.3, 0.4) is 0 Å². The van der Waals surface area contributed by atoms with E-state index in [1.165, 1.54) is 0 Å². The SMILES string of the molecule is Cl.OC1CC2CCC(N2)C1F. The third-order valence-corrected chi connectivity index (χ3v) is 2.55. The van der Waals surface area contributed by atoms with Gasteiger partial charge in [-0.05, 0) is 19.3 Å². The number of halogens is 2. The van der Waals surface area contributed by atoms with Crippen molar-refractivity contribution < 1.29 is 9.50 Å². The van der Waals surface area contributed by atoms with Gasteiger partial charge in [0.1, 0.15) is 6.17 Å². The van der Waals surface area contributed by atoms with Crippen molar-refractivity contribution in [2.24, 2.45) is 0 Å². The summed E-state index contributed by atoms with van der Waals surface area (Å²) in [5, 5.41) is 12.3. The van der Waals surface area contributed by atoms with Gasteiger partial charge in [-0.25, -0.2) is 4.39 Å². The number of hydrogen-bond acceptors (Lipinski definition) is 2. The van der Waals surface area contributed by atoms with Crippen LogP contribution < -0.4 is 5.32 Å². The van der Waals surface area contributed by atoms with Crippen molar-refractivity contribution in [3.63, 3.8) is 0 Å². The average molecular weight is 182 g/mol. The standard InChI is InChI=1S/C7H12FNO.ClH/c8-7-5-2-1-4(9-5)3-6(7)10;/h4-7,9-10H,1-3H2;1H. The number of alkyl halides is 1. The predicted octanol–water partition coefficient (Wildman–Crippen LogP) is 0.631. The summed E-state index contributed by atoms with van der Waals surface area (Å²) in [6.07, 6.45) is 0.778. The number of rotatable bonds is 0. The fraction of sp³-hybridized carbons (Fsp3) is 1.00. The van der Waals surface area contributed by atoms with Gasteiger partial charge in [0.05, 0.1) is 6.10 Å². The first-order valence-corrected chi connectivity index (χ1v) is 3.85. The van der Waals surface area contributed by atoms with Crippen molar-refractivity contribution in [3.05, 3.63) is 0 Å². The molecule has 0 aromatic carbocycles. The molecule has 2 nitrogen and oxygen atoms in total. The highest BCUT2D eigenvalue weighted by Gasteiger charge is 2.40. The molecule has 4 heteroatoms. The highest BCUT2D eigenvalue weighted by molar-refractivity contribution is 5.85. The molecule has 11 heavy (non-hydrogen) atoms. The minimum atomic E-state index is -1.03. The molecule has 0 saturated carbocycles. The minimum absolute atomic E-state index is 0. The highest BCUT2D eigenvalue weighted by Crippen LogP contribution is 2.28. The Bertz CT molecular complexity index is 146. The number of aliphatic hydroxyl groups is 1. The van der Waals surface area contributed by atoms with Crippen LogP contribution in [0.15, 0.2) is 0 Å². The average Bonchev–Trinajstić information content (AvgIpc) is 2.29. The second-order valence-electron chi connectivity index (χ2n) is 3.29. The number of nitrogens with one attached hydrogen (secondary N) is 1. The predicted molar refractivity (Wildman–Crippen MR) is 42.7 cm³/mol. The number of aliphatic hydroxyl groups excluding tert-OH is 1. The monoisotopic (exact) mass is 181 g/mol. The summed E-state index contributed by atoms with van der Waals surface area (Å²) >= 11 is 0. The van der Waals surface area contributed by atoms with Gasteiger partial charge in [0, 0.05) is 12.1 Å². The Balaban J connectivity index is 0.000000605. The zero-order valence-corrected chi connectivity index (χ0v) is 6.98. The summed E-state index contributed by atoms with van der Waals surface area (Å²) in [4.78, 5) is 0. The molecule has 66 valence electrons. The van der Waals surface area contributed by atoms with Gasteiger partial charge < -0.3 is 10.4 Å². The van der Waals surface area contributed by atoms with Gasteiger partial charge in [-0.3, -0.25) is 0 Å². The number of hydrogen-bond donors (Lipinski definition) is 2. The van der Waals surface area contributed by atoms with E-state index in [9.17, 15) is 4.39 Å². The summed E-state index contributed by atoms with van der Waals surface area (Å²) in [5.74, 6) is 0. The van der Waals surface area contributed by atoms with Crippen LogP contribution >= 0.6 is 12.4 Å². The fourth-order valence-electron chi connectivity index (χ4n) is 1.98. The first-order valence-electron chi connectivity index (χ1n) is 3.85. The smallest absolute Gasteiger partial charge is 0.141 e. The van der Waals surface area contributed by atoms with Gasteiger partial charge in [0.15, 0.2) is 0 Å². The summed E-state index contributed by atoms with van der Waals surface area (Å²) in [5.41, 5.74) is 0. The molecule has 2 aliphatic rings. The molecule has 0 aromatic heterocycles. The molecular weight excluding hydrogens is 169 g/mol. The Labute approximate surface area is 71.6 Å². The van der Waals surface area contributed by atoms with Crippen molar-refractivity contribution >= 4 is 12.4 Å². The normalized spacial score (nSPS) is 48.5. The fourth-order valence-corrected chi connectivity index (χ4v) is 1.98. The molecule has 0 aromatic rings. The Hall–Kier alpha value is 0.140. The number of fused-ring (bicyclic) bond motifs is 2. The lowest BCUT2D eigenvalue weighted by Gasteiger charge is -2.28. The summed E-state index contributed by atoms with van der Waals surface area (Å²) in [6.45, 7) is 0. The lowest BCUT2D eigenvalue weighted by Crippen LogP contribution is -2.49. The van der Waals surface area contributed by atoms with Crippen molar-refractivity contribution in [1.29, 1.82) is 0 Å². The van der Waals surface area contributed by atoms with Crippen LogP contribution in [-0.2, 0) is 0 Å². The van der Waals surface area contributed by atoms with E-state index in [0.29, 0.717) is 12.5 Å². The van der Waals surface area contributed by atoms with Crippen LogP contribution in [0.25, 0.3) is 0 Å². The molecule has 4 unspecified atom stereocenters. The van der Waals surface area contributed by atoms with E-state index in [-0.39, 0.29) is 18.4 Å². The summed E-state index contributed by atoms with van der Waals surface area (Å²) in [6, 6.07) is 0.320. The Morgan fingerprint density at radius 3 is 2.82 bits per heavy atom. The molecule has 4 atom stereocenters. The Morgan fingerprint density at radius 1 is 1.36 bits per heavy atom. The molecule has 0 aliphatic carbocycles. The van der Waals surface area contributed by atoms with Crippen molar-refractivity contribution in [2.45, 2.75) is 43.6 Å². The maximum Gasteiger partial charge on any atom is 0.141 e. The van der Waals surface area contributed by atoms with Crippen molar-refractivity contribution in [2.75, 3.05) is 0 Å². The zero-order valence-electron chi connectivity index (χ0n) is 6.16. The van der Waals surface area contributed by atoms with Gasteiger partial charge >= 0.3 is 0 Å². The maximum absolute atomic E-state index is 13.0. The molecule has 0 amide bonds. The lowest BCUT2D eigenvalue weighted by atomic mass is 10.0. The second-order valence-corrected chi connectivity index (χ2v) is 3.29. The van der Waals surface area contributed by atoms with Crippen LogP contribution in [0.5, 0.6) is 0 Å². The van der Waals surface area contributed by atoms with Gasteiger partial charge in [-0.2, -0.15) is 0 Å². The van der Waals surface area contributed by atoms with Gasteiger partial charge in [-0.15, -0.1) is 12.4 Å². The van der Waals surface area contributed by atoms with Crippen LogP contribution in [-0.4, -0.2) is 29.5 Å². The molecule has 2 saturated heterocycles. The first kappa shape index (κ1) is 9.23. The van der Waals surface area contributed by atoms with E-state index >= 15 is 0 Å². The van der Waals surface area contributed by atoms with Crippen LogP contribution in [0.1, 0.15) is 19.3 Å². The third-order valence-electron chi connectivity index (χ3n) is 2.55. The number of piperidine rings is 1. The van der Waals surface area contributed by atoms with Crippen LogP contribution in [0.2, 0.25) is 0 Å². The van der Waals surface area contributed by atoms with Gasteiger partial charge in [-0.1, -0.05) is 0 Å². The third kappa shape index (κ3) is 1.50. The van der Waals surface area contributed by atoms with Gasteiger partial charge in [0.2, 0.25) is 0 Å². The van der Waals surface area contributed by atoms with E-state index in [0.717, 1.165) is 12.8 Å². The van der Waals surface area contributed by atoms with Crippen LogP contribution in [0, 0.1) is 0 Å². The van der Waals surface area contributed by atoms with E-state index in [1.54, 1.807) is 0 Å². The summed E-state index contributed by atoms with van der Waals surface area (Å²) < 4.78 is 13.0. The summed E-state index contributed by atoms with van der Waals surface area (Å²) in [7, 11) is 0. The van der Waals surface area contributed by atoms with Gasteiger partial charge in [0.25, 0.3) is 0 Å². The molecule has 2 rings (SSSR count). The molecule has 2 fully saturated rings.